The molecule has 11 atom stereocenters. The Bertz CT molecular complexity index is 3380. The van der Waals surface area contributed by atoms with E-state index < -0.39 is 114 Å². The summed E-state index contributed by atoms with van der Waals surface area (Å²) in [7, 11) is 3.21. The van der Waals surface area contributed by atoms with Crippen molar-refractivity contribution < 1.29 is 63.3 Å². The van der Waals surface area contributed by atoms with Gasteiger partial charge in [0.25, 0.3) is 11.8 Å². The standard InChI is InChI=1S/C63H75N11O13S4/c1-36(75)52-59(82)68-46(28-38-15-7-4-8-16-38)56(79)69-49(62(85)86)34-91-90-33-48(70-63(87)74-31-50-51(32-74)89-35-88-50)58(81)67-45(27-37-13-5-3-6-14-37)55(78)66-47(29-39-20-24-43(76)25-21-39)57(80)72-53(60(83)65-44(54(77)71-52)19-11-12-26-64)73(2)61(84)42-23-22-40-17-9-10-18-41(40)30-42/h3-10,13-18,20-25,30,36,44-53,75-76H,11-12,19,26-29,31-35,64H2,1-2H3,(H,65,83)(H,66,78)(H,67,81)(H,68,82)(H,69,79)(H,70,87)(H,71,77)(H,72,80)(H,85,86)/t36?,44-,45-,46-,47-,48+,49-,50-,51?,52-,53+/m0/s1. The number of carboxylic acids is 1. The number of carbonyl (C=O) groups excluding carboxylic acids is 9. The van der Waals surface area contributed by atoms with E-state index >= 15 is 14.4 Å². The van der Waals surface area contributed by atoms with Crippen molar-refractivity contribution in [2.75, 3.05) is 43.3 Å². The predicted molar refractivity (Wildman–Crippen MR) is 350 cm³/mol. The van der Waals surface area contributed by atoms with E-state index in [-0.39, 0.29) is 72.0 Å². The van der Waals surface area contributed by atoms with Crippen LogP contribution < -0.4 is 48.3 Å². The quantitative estimate of drug-likeness (QED) is 0.0528. The van der Waals surface area contributed by atoms with Crippen molar-refractivity contribution in [2.45, 2.75) is 111 Å². The fourth-order valence-electron chi connectivity index (χ4n) is 10.4. The molecule has 8 rings (SSSR count). The first-order valence-electron chi connectivity index (χ1n) is 29.6. The van der Waals surface area contributed by atoms with Gasteiger partial charge in [-0.2, -0.15) is 0 Å². The number of carboxylic acid groups (broad SMARTS) is 1. The van der Waals surface area contributed by atoms with E-state index in [2.05, 4.69) is 42.5 Å². The lowest BCUT2D eigenvalue weighted by atomic mass is 10.0. The third kappa shape index (κ3) is 19.5. The number of fused-ring (bicyclic) bond motifs is 2. The number of hydrogen-bond acceptors (Lipinski definition) is 17. The van der Waals surface area contributed by atoms with Crippen LogP contribution in [0.1, 0.15) is 53.2 Å². The predicted octanol–water partition coefficient (Wildman–Crippen LogP) is 2.25. The number of aliphatic hydroxyl groups excluding tert-OH is 1. The molecule has 3 aliphatic heterocycles. The molecule has 3 aliphatic rings. The number of nitrogens with zero attached hydrogens (tertiary/aromatic N) is 2. The van der Waals surface area contributed by atoms with Gasteiger partial charge in [-0.05, 0) is 84.5 Å². The summed E-state index contributed by atoms with van der Waals surface area (Å²) < 4.78 is 0. The summed E-state index contributed by atoms with van der Waals surface area (Å²) in [6.07, 6.45) is -3.81. The molecule has 2 unspecified atom stereocenters. The third-order valence-electron chi connectivity index (χ3n) is 15.6. The lowest BCUT2D eigenvalue weighted by Crippen LogP contribution is -2.64. The molecule has 91 heavy (non-hydrogen) atoms. The average molecular weight is 1320 g/mol. The van der Waals surface area contributed by atoms with Crippen molar-refractivity contribution in [3.63, 3.8) is 0 Å². The number of phenols is 1. The van der Waals surface area contributed by atoms with Gasteiger partial charge >= 0.3 is 12.0 Å². The van der Waals surface area contributed by atoms with Crippen LogP contribution in [-0.4, -0.2) is 193 Å². The summed E-state index contributed by atoms with van der Waals surface area (Å²) >= 11 is 3.47. The van der Waals surface area contributed by atoms with E-state index in [4.69, 9.17) is 5.73 Å². The van der Waals surface area contributed by atoms with E-state index in [1.807, 2.05) is 12.1 Å². The van der Waals surface area contributed by atoms with Crippen LogP contribution in [0.3, 0.4) is 0 Å². The number of urea groups is 1. The van der Waals surface area contributed by atoms with Gasteiger partial charge in [0.05, 0.1) is 6.10 Å². The molecule has 0 saturated carbocycles. The third-order valence-corrected chi connectivity index (χ3v) is 21.1. The Labute approximate surface area is 542 Å². The second kappa shape index (κ2) is 33.3. The Kier molecular flexibility index (Phi) is 25.2. The number of likely N-dealkylation sites (tertiary alicyclic amines) is 1. The first-order valence-corrected chi connectivity index (χ1v) is 34.2. The van der Waals surface area contributed by atoms with E-state index in [0.717, 1.165) is 37.0 Å². The number of aliphatic carboxylic acids is 1. The molecule has 24 nitrogen and oxygen atoms in total. The molecule has 3 heterocycles. The number of aromatic hydroxyl groups is 1. The number of amides is 10. The molecule has 0 aromatic heterocycles. The normalized spacial score (nSPS) is 24.7. The highest BCUT2D eigenvalue weighted by Crippen LogP contribution is 2.41. The molecule has 484 valence electrons. The van der Waals surface area contributed by atoms with Crippen LogP contribution in [0, 0.1) is 0 Å². The molecule has 0 aliphatic carbocycles. The Hall–Kier alpha value is -8.02. The van der Waals surface area contributed by atoms with Gasteiger partial charge in [0.1, 0.15) is 48.0 Å². The van der Waals surface area contributed by atoms with Crippen molar-refractivity contribution in [3.8, 4) is 5.75 Å². The van der Waals surface area contributed by atoms with Gasteiger partial charge < -0.3 is 73.4 Å². The molecule has 13 N–H and O–H groups in total. The summed E-state index contributed by atoms with van der Waals surface area (Å²) in [6.45, 7) is 2.21. The molecule has 5 aromatic rings. The number of rotatable bonds is 15. The molecule has 0 spiro atoms. The number of phenolic OH excluding ortho intramolecular Hbond substituents is 1. The maximum atomic E-state index is 15.3. The highest BCUT2D eigenvalue weighted by Gasteiger charge is 2.42. The van der Waals surface area contributed by atoms with E-state index in [0.29, 0.717) is 41.6 Å². The highest BCUT2D eigenvalue weighted by molar-refractivity contribution is 8.76. The van der Waals surface area contributed by atoms with E-state index in [1.54, 1.807) is 113 Å². The van der Waals surface area contributed by atoms with Crippen molar-refractivity contribution >= 4 is 115 Å². The number of nitrogens with two attached hydrogens (primary N) is 1. The number of hydrogen-bond donors (Lipinski definition) is 12. The Morgan fingerprint density at radius 1 is 0.604 bits per heavy atom. The smallest absolute Gasteiger partial charge is 0.327 e. The Balaban J connectivity index is 1.20. The van der Waals surface area contributed by atoms with Gasteiger partial charge in [-0.1, -0.05) is 125 Å². The highest BCUT2D eigenvalue weighted by atomic mass is 33.1. The average Bonchev–Trinajstić information content (AvgIpc) is 2.76. The first kappa shape index (κ1) is 68.9. The van der Waals surface area contributed by atoms with Gasteiger partial charge in [-0.25, -0.2) is 9.59 Å². The van der Waals surface area contributed by atoms with Crippen molar-refractivity contribution in [1.29, 1.82) is 0 Å². The number of unbranched alkanes of at least 4 members (excludes halogenated alkanes) is 1. The topological polar surface area (TPSA) is 360 Å². The van der Waals surface area contributed by atoms with Gasteiger partial charge in [-0.3, -0.25) is 38.4 Å². The van der Waals surface area contributed by atoms with Crippen LogP contribution >= 0.6 is 45.1 Å². The lowest BCUT2D eigenvalue weighted by molar-refractivity contribution is -0.141. The number of benzene rings is 5. The van der Waals surface area contributed by atoms with Gasteiger partial charge in [0, 0.05) is 72.1 Å². The summed E-state index contributed by atoms with van der Waals surface area (Å²) in [5.41, 5.74) is 7.50. The minimum Gasteiger partial charge on any atom is -0.508 e. The van der Waals surface area contributed by atoms with Gasteiger partial charge in [0.2, 0.25) is 35.4 Å². The van der Waals surface area contributed by atoms with E-state index in [9.17, 15) is 48.9 Å². The Morgan fingerprint density at radius 3 is 1.71 bits per heavy atom. The zero-order valence-corrected chi connectivity index (χ0v) is 53.3. The van der Waals surface area contributed by atoms with Crippen LogP contribution in [0.4, 0.5) is 4.79 Å². The molecule has 10 amide bonds. The van der Waals surface area contributed by atoms with Gasteiger partial charge in [-0.15, -0.1) is 23.5 Å². The fourth-order valence-corrected chi connectivity index (χ4v) is 16.1. The molecular formula is C63H75N11O13S4. The minimum absolute atomic E-state index is 0.0981. The molecule has 3 saturated heterocycles. The summed E-state index contributed by atoms with van der Waals surface area (Å²) in [4.78, 5) is 148. The molecule has 0 bridgehead atoms. The number of carbonyl (C=O) groups is 10. The van der Waals surface area contributed by atoms with Crippen LogP contribution in [0.25, 0.3) is 10.8 Å². The maximum Gasteiger partial charge on any atom is 0.327 e. The van der Waals surface area contributed by atoms with Crippen LogP contribution in [-0.2, 0) is 57.6 Å². The summed E-state index contributed by atoms with van der Waals surface area (Å²) in [5, 5.41) is 55.9. The lowest BCUT2D eigenvalue weighted by Gasteiger charge is -2.32. The monoisotopic (exact) mass is 1320 g/mol. The zero-order valence-electron chi connectivity index (χ0n) is 50.0. The summed E-state index contributed by atoms with van der Waals surface area (Å²) in [6, 6.07) is 23.4. The number of nitrogens with one attached hydrogen (secondary N) is 8. The molecular weight excluding hydrogens is 1250 g/mol. The molecule has 5 aromatic carbocycles. The van der Waals surface area contributed by atoms with E-state index in [1.165, 1.54) is 44.3 Å². The summed E-state index contributed by atoms with van der Waals surface area (Å²) in [5.74, 6) is -9.70. The molecule has 0 radical (unpaired) electrons. The second-order valence-corrected chi connectivity index (χ2v) is 27.7. The molecule has 3 fully saturated rings. The number of likely N-dealkylation sites (N-methyl/N-ethyl adjacent to an activating group) is 1. The second-order valence-electron chi connectivity index (χ2n) is 22.3. The fraction of sp³-hybridized carbons (Fsp3) is 0.397. The Morgan fingerprint density at radius 2 is 1.12 bits per heavy atom. The largest absolute Gasteiger partial charge is 0.508 e. The van der Waals surface area contributed by atoms with Crippen molar-refractivity contribution in [3.05, 3.63) is 150 Å². The van der Waals surface area contributed by atoms with Crippen LogP contribution in [0.15, 0.2) is 127 Å². The molecule has 28 heteroatoms. The number of aliphatic hydroxyl groups is 1. The van der Waals surface area contributed by atoms with Crippen molar-refractivity contribution in [1.82, 2.24) is 52.3 Å². The van der Waals surface area contributed by atoms with Crippen molar-refractivity contribution in [2.24, 2.45) is 5.73 Å². The first-order chi connectivity index (χ1) is 43.7. The number of thioether (sulfide) groups is 2. The minimum atomic E-state index is -1.97. The maximum absolute atomic E-state index is 15.3. The van der Waals surface area contributed by atoms with Gasteiger partial charge in [0.15, 0.2) is 6.17 Å². The van der Waals surface area contributed by atoms with Crippen LogP contribution in [0.5, 0.6) is 5.75 Å². The van der Waals surface area contributed by atoms with Crippen LogP contribution in [0.2, 0.25) is 0 Å². The zero-order chi connectivity index (χ0) is 65.1. The SMILES string of the molecule is CC(O)[C@@H]1NC(=O)[C@H](CCCCN)NC(=O)[C@@H](N(C)C(=O)c2ccc3ccccc3c2)NC(=O)[C@H](Cc2ccc(O)cc2)NC(=O)[C@H](Cc2ccccc2)NC(=O)[C@H](NC(=O)N2CC3SCS[C@H]3C2)CSSC[C@@H](C(=O)O)NC(=O)[C@H](Cc2ccccc2)NC1=O.